The molecule has 100 valence electrons. The lowest BCUT2D eigenvalue weighted by Crippen LogP contribution is -2.54. The molecular formula is C13H27N3O. The van der Waals surface area contributed by atoms with E-state index in [0.29, 0.717) is 12.6 Å². The minimum atomic E-state index is -0.716. The summed E-state index contributed by atoms with van der Waals surface area (Å²) in [6.07, 6.45) is 3.47. The van der Waals surface area contributed by atoms with Crippen LogP contribution in [0.15, 0.2) is 0 Å². The molecule has 3 atom stereocenters. The standard InChI is InChI=1S/C13H27N3O/c1-11(8-13(2,17)10-14)16-7-6-15-5-3-4-12(15)9-16/h11-12,17H,3-10,14H2,1-2H3. The van der Waals surface area contributed by atoms with Gasteiger partial charge in [-0.25, -0.2) is 0 Å². The van der Waals surface area contributed by atoms with Gasteiger partial charge >= 0.3 is 0 Å². The third kappa shape index (κ3) is 3.19. The van der Waals surface area contributed by atoms with Crippen LogP contribution >= 0.6 is 0 Å². The summed E-state index contributed by atoms with van der Waals surface area (Å²) < 4.78 is 0. The minimum absolute atomic E-state index is 0.348. The molecule has 4 nitrogen and oxygen atoms in total. The molecule has 0 aromatic heterocycles. The predicted molar refractivity (Wildman–Crippen MR) is 69.9 cm³/mol. The topological polar surface area (TPSA) is 52.7 Å². The van der Waals surface area contributed by atoms with Gasteiger partial charge in [-0.3, -0.25) is 9.80 Å². The molecular weight excluding hydrogens is 214 g/mol. The fraction of sp³-hybridized carbons (Fsp3) is 1.00. The van der Waals surface area contributed by atoms with Crippen LogP contribution in [0.5, 0.6) is 0 Å². The lowest BCUT2D eigenvalue weighted by atomic mass is 9.96. The van der Waals surface area contributed by atoms with Gasteiger partial charge in [-0.15, -0.1) is 0 Å². The van der Waals surface area contributed by atoms with Crippen LogP contribution in [0.1, 0.15) is 33.1 Å². The highest BCUT2D eigenvalue weighted by Gasteiger charge is 2.33. The molecule has 2 fully saturated rings. The van der Waals surface area contributed by atoms with Gasteiger partial charge in [0.25, 0.3) is 0 Å². The predicted octanol–water partition coefficient (Wildman–Crippen LogP) is 0.255. The molecule has 3 N–H and O–H groups in total. The molecule has 0 aliphatic carbocycles. The van der Waals surface area contributed by atoms with E-state index in [1.54, 1.807) is 0 Å². The van der Waals surface area contributed by atoms with Crippen molar-refractivity contribution in [3.8, 4) is 0 Å². The van der Waals surface area contributed by atoms with E-state index < -0.39 is 5.60 Å². The first-order valence-electron chi connectivity index (χ1n) is 6.92. The largest absolute Gasteiger partial charge is 0.389 e. The number of nitrogens with two attached hydrogens (primary N) is 1. The average Bonchev–Trinajstić information content (AvgIpc) is 2.75. The third-order valence-corrected chi connectivity index (χ3v) is 4.42. The monoisotopic (exact) mass is 241 g/mol. The fourth-order valence-electron chi connectivity index (χ4n) is 3.26. The third-order valence-electron chi connectivity index (χ3n) is 4.42. The molecule has 4 heteroatoms. The van der Waals surface area contributed by atoms with E-state index in [1.807, 2.05) is 6.92 Å². The molecule has 2 aliphatic rings. The van der Waals surface area contributed by atoms with Crippen LogP contribution in [-0.2, 0) is 0 Å². The number of aliphatic hydroxyl groups is 1. The van der Waals surface area contributed by atoms with Crippen molar-refractivity contribution < 1.29 is 5.11 Å². The maximum Gasteiger partial charge on any atom is 0.0756 e. The molecule has 3 unspecified atom stereocenters. The second kappa shape index (κ2) is 5.22. The van der Waals surface area contributed by atoms with Gasteiger partial charge in [0, 0.05) is 38.3 Å². The lowest BCUT2D eigenvalue weighted by molar-refractivity contribution is 0.00912. The van der Waals surface area contributed by atoms with Gasteiger partial charge in [-0.1, -0.05) is 0 Å². The highest BCUT2D eigenvalue weighted by Crippen LogP contribution is 2.24. The van der Waals surface area contributed by atoms with Crippen LogP contribution in [0.2, 0.25) is 0 Å². The zero-order chi connectivity index (χ0) is 12.5. The molecule has 0 radical (unpaired) electrons. The van der Waals surface area contributed by atoms with E-state index in [-0.39, 0.29) is 0 Å². The van der Waals surface area contributed by atoms with Gasteiger partial charge in [0.2, 0.25) is 0 Å². The van der Waals surface area contributed by atoms with E-state index in [2.05, 4.69) is 16.7 Å². The van der Waals surface area contributed by atoms with Gasteiger partial charge in [-0.05, 0) is 39.7 Å². The van der Waals surface area contributed by atoms with Gasteiger partial charge < -0.3 is 10.8 Å². The Labute approximate surface area is 105 Å². The van der Waals surface area contributed by atoms with Crippen molar-refractivity contribution in [2.75, 3.05) is 32.7 Å². The lowest BCUT2D eigenvalue weighted by Gasteiger charge is -2.42. The fourth-order valence-corrected chi connectivity index (χ4v) is 3.26. The summed E-state index contributed by atoms with van der Waals surface area (Å²) in [5.41, 5.74) is 4.88. The zero-order valence-electron chi connectivity index (χ0n) is 11.2. The summed E-state index contributed by atoms with van der Waals surface area (Å²) >= 11 is 0. The summed E-state index contributed by atoms with van der Waals surface area (Å²) in [4.78, 5) is 5.14. The van der Waals surface area contributed by atoms with Gasteiger partial charge in [-0.2, -0.15) is 0 Å². The maximum atomic E-state index is 10.0. The van der Waals surface area contributed by atoms with E-state index >= 15 is 0 Å². The van der Waals surface area contributed by atoms with Crippen LogP contribution in [0.25, 0.3) is 0 Å². The summed E-state index contributed by atoms with van der Waals surface area (Å²) in [7, 11) is 0. The molecule has 2 heterocycles. The summed E-state index contributed by atoms with van der Waals surface area (Å²) in [5.74, 6) is 0. The Bertz CT molecular complexity index is 257. The normalized spacial score (nSPS) is 32.1. The quantitative estimate of drug-likeness (QED) is 0.741. The number of rotatable bonds is 4. The molecule has 0 amide bonds. The Kier molecular flexibility index (Phi) is 4.08. The van der Waals surface area contributed by atoms with E-state index in [1.165, 1.54) is 32.5 Å². The van der Waals surface area contributed by atoms with Crippen LogP contribution in [0, 0.1) is 0 Å². The van der Waals surface area contributed by atoms with Crippen LogP contribution in [0.4, 0.5) is 0 Å². The highest BCUT2D eigenvalue weighted by atomic mass is 16.3. The van der Waals surface area contributed by atoms with Crippen molar-refractivity contribution in [1.82, 2.24) is 9.80 Å². The summed E-state index contributed by atoms with van der Waals surface area (Å²) in [5, 5.41) is 10.0. The zero-order valence-corrected chi connectivity index (χ0v) is 11.2. The number of piperazine rings is 1. The first-order valence-corrected chi connectivity index (χ1v) is 6.92. The number of nitrogens with zero attached hydrogens (tertiary/aromatic N) is 2. The van der Waals surface area contributed by atoms with E-state index in [9.17, 15) is 5.11 Å². The summed E-state index contributed by atoms with van der Waals surface area (Å²) in [6, 6.07) is 1.19. The van der Waals surface area contributed by atoms with Crippen LogP contribution in [0.3, 0.4) is 0 Å². The van der Waals surface area contributed by atoms with Crippen molar-refractivity contribution in [3.05, 3.63) is 0 Å². The number of fused-ring (bicyclic) bond motifs is 1. The molecule has 0 aromatic carbocycles. The van der Waals surface area contributed by atoms with Gasteiger partial charge in [0.05, 0.1) is 5.60 Å². The van der Waals surface area contributed by atoms with E-state index in [0.717, 1.165) is 19.0 Å². The molecule has 2 aliphatic heterocycles. The summed E-state index contributed by atoms with van der Waals surface area (Å²) in [6.45, 7) is 9.19. The number of hydrogen-bond donors (Lipinski definition) is 2. The maximum absolute atomic E-state index is 10.0. The van der Waals surface area contributed by atoms with Crippen molar-refractivity contribution in [1.29, 1.82) is 0 Å². The molecule has 0 bridgehead atoms. The SMILES string of the molecule is CC(CC(C)(O)CN)N1CCN2CCCC2C1. The Balaban J connectivity index is 1.86. The molecule has 2 rings (SSSR count). The molecule has 2 saturated heterocycles. The number of hydrogen-bond acceptors (Lipinski definition) is 4. The van der Waals surface area contributed by atoms with Gasteiger partial charge in [0.1, 0.15) is 0 Å². The molecule has 0 spiro atoms. The first-order chi connectivity index (χ1) is 8.02. The smallest absolute Gasteiger partial charge is 0.0756 e. The molecule has 17 heavy (non-hydrogen) atoms. The van der Waals surface area contributed by atoms with Crippen molar-refractivity contribution in [2.24, 2.45) is 5.73 Å². The van der Waals surface area contributed by atoms with Crippen molar-refractivity contribution in [2.45, 2.75) is 50.8 Å². The Morgan fingerprint density at radius 3 is 2.88 bits per heavy atom. The second-order valence-corrected chi connectivity index (χ2v) is 6.08. The average molecular weight is 241 g/mol. The van der Waals surface area contributed by atoms with Crippen molar-refractivity contribution >= 4 is 0 Å². The first kappa shape index (κ1) is 13.3. The minimum Gasteiger partial charge on any atom is -0.389 e. The van der Waals surface area contributed by atoms with Gasteiger partial charge in [0.15, 0.2) is 0 Å². The molecule has 0 saturated carbocycles. The second-order valence-electron chi connectivity index (χ2n) is 6.08. The van der Waals surface area contributed by atoms with Crippen molar-refractivity contribution in [3.63, 3.8) is 0 Å². The Hall–Kier alpha value is -0.160. The highest BCUT2D eigenvalue weighted by molar-refractivity contribution is 4.90. The van der Waals surface area contributed by atoms with Crippen LogP contribution < -0.4 is 5.73 Å². The van der Waals surface area contributed by atoms with Crippen LogP contribution in [-0.4, -0.2) is 65.3 Å². The molecule has 0 aromatic rings. The van der Waals surface area contributed by atoms with E-state index in [4.69, 9.17) is 5.73 Å². The Morgan fingerprint density at radius 1 is 1.41 bits per heavy atom. The Morgan fingerprint density at radius 2 is 2.18 bits per heavy atom.